The van der Waals surface area contributed by atoms with Crippen LogP contribution in [0.5, 0.6) is 23.0 Å². The number of carbonyl (C=O) groups is 2. The molecule has 6 aliphatic rings. The van der Waals surface area contributed by atoms with E-state index >= 15 is 0 Å². The minimum absolute atomic E-state index is 0. The van der Waals surface area contributed by atoms with Crippen molar-refractivity contribution in [3.8, 4) is 23.0 Å². The van der Waals surface area contributed by atoms with Crippen LogP contribution in [-0.2, 0) is 0 Å². The van der Waals surface area contributed by atoms with Crippen molar-refractivity contribution in [3.05, 3.63) is 46.5 Å². The summed E-state index contributed by atoms with van der Waals surface area (Å²) in [6.07, 6.45) is 0.503. The van der Waals surface area contributed by atoms with Crippen LogP contribution in [0.3, 0.4) is 0 Å². The summed E-state index contributed by atoms with van der Waals surface area (Å²) < 4.78 is 22.2. The van der Waals surface area contributed by atoms with Crippen LogP contribution in [0.2, 0.25) is 11.6 Å². The number of nitrogens with two attached hydrogens (primary N) is 2. The molecular weight excluding hydrogens is 788 g/mol. The molecule has 2 saturated carbocycles. The van der Waals surface area contributed by atoms with Gasteiger partial charge in [0, 0.05) is 39.3 Å². The molecule has 24 heteroatoms. The Balaban J connectivity index is 0.000000214. The molecule has 0 spiro atoms. The number of benzene rings is 2. The minimum Gasteiger partial charge on any atom is -0.669 e. The number of nitrogens with zero attached hydrogens (tertiary/aromatic N) is 2. The molecule has 4 unspecified atom stereocenters. The van der Waals surface area contributed by atoms with Crippen LogP contribution >= 0.6 is 0 Å². The van der Waals surface area contributed by atoms with Crippen LogP contribution in [0, 0.1) is 0 Å². The van der Waals surface area contributed by atoms with Gasteiger partial charge in [0.2, 0.25) is 0 Å². The largest absolute Gasteiger partial charge is 1.00 e. The topological polar surface area (TPSA) is 332 Å². The van der Waals surface area contributed by atoms with Gasteiger partial charge in [0.15, 0.2) is 0 Å². The van der Waals surface area contributed by atoms with Gasteiger partial charge in [-0.3, -0.25) is 9.80 Å². The summed E-state index contributed by atoms with van der Waals surface area (Å²) >= 11 is 0. The molecule has 2 aromatic carbocycles. The Hall–Kier alpha value is -1.77. The summed E-state index contributed by atoms with van der Waals surface area (Å²) in [6.45, 7) is -5.22. The van der Waals surface area contributed by atoms with E-state index in [9.17, 15) is 60.3 Å². The van der Waals surface area contributed by atoms with Gasteiger partial charge < -0.3 is 81.0 Å². The van der Waals surface area contributed by atoms with Gasteiger partial charge in [-0.15, -0.1) is 0 Å². The van der Waals surface area contributed by atoms with Crippen molar-refractivity contribution in [1.82, 2.24) is 9.80 Å². The molecule has 20 nitrogen and oxygen atoms in total. The quantitative estimate of drug-likeness (QED) is 0.0786. The second-order valence-electron chi connectivity index (χ2n) is 16.3. The number of rotatable bonds is 14. The van der Waals surface area contributed by atoms with Gasteiger partial charge in [-0.05, 0) is 35.1 Å². The van der Waals surface area contributed by atoms with E-state index < -0.39 is 48.2 Å². The first-order valence-electron chi connectivity index (χ1n) is 18.5. The maximum atomic E-state index is 11.8. The van der Waals surface area contributed by atoms with Gasteiger partial charge in [0.05, 0.1) is 49.0 Å². The van der Waals surface area contributed by atoms with E-state index in [-0.39, 0.29) is 157 Å². The van der Waals surface area contributed by atoms with Crippen LogP contribution in [-0.4, -0.2) is 175 Å². The van der Waals surface area contributed by atoms with Crippen molar-refractivity contribution in [2.75, 3.05) is 65.7 Å². The Labute approximate surface area is 377 Å². The third-order valence-corrected chi connectivity index (χ3v) is 11.7. The molecule has 308 valence electrons. The average molecular weight is 836 g/mol. The first-order valence-corrected chi connectivity index (χ1v) is 18.5. The number of hydrogen-bond donors (Lipinski definition) is 12. The van der Waals surface area contributed by atoms with Crippen LogP contribution in [0.15, 0.2) is 24.3 Å². The number of carboxylic acid groups (broad SMARTS) is 2. The van der Waals surface area contributed by atoms with E-state index in [1.54, 1.807) is 24.3 Å². The van der Waals surface area contributed by atoms with E-state index in [1.165, 1.54) is 0 Å². The molecule has 2 aromatic rings. The van der Waals surface area contributed by atoms with E-state index in [4.69, 9.17) is 30.2 Å². The fourth-order valence-corrected chi connectivity index (χ4v) is 8.23. The standard InChI is InChI=1S/2C17H24BN2O8.2Na/c2*19-17(7-21,8-22)6-20-4-9(5-20)27-13-2-1-10-11-3-12(11)18(25,26)28-15(10)14(13)16(23)24;;/h2*1-2,9,11-12,21-22,25-26H,3-8,19H2,(H,23,24);;/q2*-1;2*+1. The molecule has 4 aliphatic heterocycles. The molecular formula is C34H48B2N4Na2O16. The van der Waals surface area contributed by atoms with Crippen molar-refractivity contribution < 1.29 is 138 Å². The number of aliphatic hydroxyl groups is 4. The third-order valence-electron chi connectivity index (χ3n) is 11.7. The SMILES string of the molecule is NC(CO)(CO)CN1CC(Oc2ccc3c(c2C(=O)O)O[B-](O)(O)C2CC32)C1.NC(CO)(CO)CN1CC(Oc2ccc3c(c2C(=O)O)O[B-](O)(O)C2CC32)C1.[Na+].[Na+]. The molecule has 14 N–H and O–H groups in total. The van der Waals surface area contributed by atoms with Gasteiger partial charge in [-0.2, -0.15) is 0 Å². The first kappa shape index (κ1) is 47.3. The number of aliphatic hydroxyl groups excluding tert-OH is 4. The zero-order valence-electron chi connectivity index (χ0n) is 32.4. The van der Waals surface area contributed by atoms with Crippen molar-refractivity contribution in [3.63, 3.8) is 0 Å². The van der Waals surface area contributed by atoms with E-state index in [2.05, 4.69) is 0 Å². The maximum absolute atomic E-state index is 11.8. The predicted octanol–water partition coefficient (Wildman–Crippen LogP) is -9.39. The Bertz CT molecular complexity index is 1730. The molecule has 58 heavy (non-hydrogen) atoms. The molecule has 4 atom stereocenters. The zero-order chi connectivity index (χ0) is 40.5. The number of ether oxygens (including phenoxy) is 2. The number of likely N-dealkylation sites (tertiary alicyclic amines) is 2. The van der Waals surface area contributed by atoms with Crippen molar-refractivity contribution in [2.24, 2.45) is 11.5 Å². The molecule has 4 heterocycles. The summed E-state index contributed by atoms with van der Waals surface area (Å²) in [5.74, 6) is -3.41. The summed E-state index contributed by atoms with van der Waals surface area (Å²) in [7, 11) is 0. The number of carboxylic acids is 2. The van der Waals surface area contributed by atoms with E-state index in [0.29, 0.717) is 50.1 Å². The molecule has 0 aromatic heterocycles. The summed E-state index contributed by atoms with van der Waals surface area (Å²) in [5, 5.41) is 96.7. The summed E-state index contributed by atoms with van der Waals surface area (Å²) in [5.41, 5.74) is 10.4. The Morgan fingerprint density at radius 3 is 1.28 bits per heavy atom. The molecule has 2 aliphatic carbocycles. The second-order valence-corrected chi connectivity index (χ2v) is 16.3. The Morgan fingerprint density at radius 2 is 0.983 bits per heavy atom. The van der Waals surface area contributed by atoms with Gasteiger partial charge in [-0.1, -0.05) is 36.6 Å². The van der Waals surface area contributed by atoms with Crippen molar-refractivity contribution >= 4 is 25.4 Å². The fraction of sp³-hybridized carbons (Fsp3) is 0.588. The molecule has 4 fully saturated rings. The van der Waals surface area contributed by atoms with E-state index in [0.717, 1.165) is 0 Å². The number of aromatic carboxylic acids is 2. The Kier molecular flexibility index (Phi) is 14.3. The predicted molar refractivity (Wildman–Crippen MR) is 195 cm³/mol. The maximum Gasteiger partial charge on any atom is 1.00 e. The van der Waals surface area contributed by atoms with Crippen LogP contribution in [0.1, 0.15) is 56.5 Å². The smallest absolute Gasteiger partial charge is 0.669 e. The summed E-state index contributed by atoms with van der Waals surface area (Å²) in [4.78, 5) is 27.5. The molecule has 2 saturated heterocycles. The third kappa shape index (κ3) is 9.34. The monoisotopic (exact) mass is 836 g/mol. The second kappa shape index (κ2) is 17.5. The van der Waals surface area contributed by atoms with Crippen molar-refractivity contribution in [2.45, 2.75) is 59.6 Å². The minimum atomic E-state index is -3.08. The first-order chi connectivity index (χ1) is 26.3. The zero-order valence-corrected chi connectivity index (χ0v) is 36.4. The summed E-state index contributed by atoms with van der Waals surface area (Å²) in [6, 6.07) is 6.58. The fourth-order valence-electron chi connectivity index (χ4n) is 8.23. The molecule has 0 radical (unpaired) electrons. The number of hydrogen-bond acceptors (Lipinski definition) is 18. The normalized spacial score (nSPS) is 25.0. The van der Waals surface area contributed by atoms with Gasteiger partial charge >= 0.3 is 84.6 Å². The van der Waals surface area contributed by atoms with Crippen LogP contribution in [0.4, 0.5) is 0 Å². The molecule has 8 rings (SSSR count). The van der Waals surface area contributed by atoms with Gasteiger partial charge in [0.25, 0.3) is 0 Å². The molecule has 0 bridgehead atoms. The van der Waals surface area contributed by atoms with Crippen molar-refractivity contribution in [1.29, 1.82) is 0 Å². The van der Waals surface area contributed by atoms with Gasteiger partial charge in [-0.25, -0.2) is 9.59 Å². The van der Waals surface area contributed by atoms with Crippen LogP contribution in [0.25, 0.3) is 0 Å². The average Bonchev–Trinajstić information content (AvgIpc) is 4.04. The molecule has 0 amide bonds. The number of fused-ring (bicyclic) bond motifs is 6. The van der Waals surface area contributed by atoms with E-state index in [1.807, 2.05) is 9.80 Å². The Morgan fingerprint density at radius 1 is 0.655 bits per heavy atom. The van der Waals surface area contributed by atoms with Gasteiger partial charge in [0.1, 0.15) is 34.8 Å². The van der Waals surface area contributed by atoms with Crippen LogP contribution < -0.4 is 89.4 Å².